The Kier molecular flexibility index (Phi) is 5.63. The molecule has 0 aliphatic heterocycles. The third-order valence-corrected chi connectivity index (χ3v) is 5.02. The van der Waals surface area contributed by atoms with E-state index < -0.39 is 11.7 Å². The maximum atomic E-state index is 13.1. The number of aryl methyl sites for hydroxylation is 1. The molecule has 0 spiro atoms. The van der Waals surface area contributed by atoms with Gasteiger partial charge in [0.25, 0.3) is 5.91 Å². The molecule has 3 aromatic carbocycles. The largest absolute Gasteiger partial charge is 0.342 e. The van der Waals surface area contributed by atoms with E-state index in [1.165, 1.54) is 35.4 Å². The molecule has 0 saturated carbocycles. The topological polar surface area (TPSA) is 57.8 Å². The zero-order valence-corrected chi connectivity index (χ0v) is 17.0. The van der Waals surface area contributed by atoms with Gasteiger partial charge in [0.15, 0.2) is 0 Å². The van der Waals surface area contributed by atoms with Gasteiger partial charge >= 0.3 is 0 Å². The lowest BCUT2D eigenvalue weighted by Crippen LogP contribution is -2.13. The molecule has 4 aromatic rings. The molecule has 4 nitrogen and oxygen atoms in total. The van der Waals surface area contributed by atoms with Crippen molar-refractivity contribution >= 4 is 28.6 Å². The van der Waals surface area contributed by atoms with E-state index in [2.05, 4.69) is 35.0 Å². The van der Waals surface area contributed by atoms with Gasteiger partial charge in [0.1, 0.15) is 17.5 Å². The van der Waals surface area contributed by atoms with Crippen LogP contribution in [0.4, 0.5) is 10.1 Å². The fourth-order valence-corrected chi connectivity index (χ4v) is 3.56. The number of benzene rings is 3. The lowest BCUT2D eigenvalue weighted by atomic mass is 10.1. The van der Waals surface area contributed by atoms with Crippen LogP contribution in [0, 0.1) is 24.1 Å². The van der Waals surface area contributed by atoms with E-state index in [1.807, 2.05) is 42.6 Å². The molecular formula is C26H20FN3O. The van der Waals surface area contributed by atoms with Crippen molar-refractivity contribution in [3.63, 3.8) is 0 Å². The molecule has 0 fully saturated rings. The summed E-state index contributed by atoms with van der Waals surface area (Å²) in [6.45, 7) is 2.74. The molecule has 31 heavy (non-hydrogen) atoms. The molecule has 1 N–H and O–H groups in total. The SMILES string of the molecule is Cc1cccc(Cn2cc(/C=C(\C#N)C(=O)Nc3ccc(F)cc3)c3ccccc32)c1. The minimum Gasteiger partial charge on any atom is -0.342 e. The minimum absolute atomic E-state index is 0.0252. The molecule has 1 amide bonds. The molecule has 0 atom stereocenters. The highest BCUT2D eigenvalue weighted by Crippen LogP contribution is 2.25. The first kappa shape index (κ1) is 20.1. The first-order valence-corrected chi connectivity index (χ1v) is 9.85. The van der Waals surface area contributed by atoms with Crippen molar-refractivity contribution in [3.05, 3.63) is 107 Å². The van der Waals surface area contributed by atoms with Gasteiger partial charge in [0.2, 0.25) is 0 Å². The van der Waals surface area contributed by atoms with Crippen LogP contribution in [-0.4, -0.2) is 10.5 Å². The molecule has 0 radical (unpaired) electrons. The van der Waals surface area contributed by atoms with E-state index in [-0.39, 0.29) is 5.57 Å². The van der Waals surface area contributed by atoms with Crippen molar-refractivity contribution in [2.45, 2.75) is 13.5 Å². The number of nitrogens with zero attached hydrogens (tertiary/aromatic N) is 2. The second-order valence-corrected chi connectivity index (χ2v) is 7.35. The number of rotatable bonds is 5. The van der Waals surface area contributed by atoms with E-state index in [4.69, 9.17) is 0 Å². The fraction of sp³-hybridized carbons (Fsp3) is 0.0769. The number of anilines is 1. The Bertz CT molecular complexity index is 1330. The number of nitriles is 1. The second kappa shape index (κ2) is 8.68. The second-order valence-electron chi connectivity index (χ2n) is 7.35. The first-order chi connectivity index (χ1) is 15.0. The molecule has 5 heteroatoms. The van der Waals surface area contributed by atoms with Crippen LogP contribution in [0.15, 0.2) is 84.6 Å². The molecule has 0 aliphatic carbocycles. The highest BCUT2D eigenvalue weighted by atomic mass is 19.1. The standard InChI is InChI=1S/C26H20FN3O/c1-18-5-4-6-19(13-18)16-30-17-21(24-7-2-3-8-25(24)30)14-20(15-28)26(31)29-23-11-9-22(27)10-12-23/h2-14,17H,16H2,1H3,(H,29,31)/b20-14+. The van der Waals surface area contributed by atoms with Crippen molar-refractivity contribution in [1.82, 2.24) is 4.57 Å². The maximum Gasteiger partial charge on any atom is 0.266 e. The number of aromatic nitrogens is 1. The van der Waals surface area contributed by atoms with Crippen LogP contribution in [0.1, 0.15) is 16.7 Å². The summed E-state index contributed by atoms with van der Waals surface area (Å²) < 4.78 is 15.2. The maximum absolute atomic E-state index is 13.1. The van der Waals surface area contributed by atoms with Gasteiger partial charge in [-0.1, -0.05) is 48.0 Å². The summed E-state index contributed by atoms with van der Waals surface area (Å²) in [5.41, 5.74) is 4.57. The quantitative estimate of drug-likeness (QED) is 0.340. The number of halogens is 1. The van der Waals surface area contributed by atoms with Crippen LogP contribution in [0.2, 0.25) is 0 Å². The van der Waals surface area contributed by atoms with Gasteiger partial charge in [-0.05, 0) is 48.9 Å². The molecule has 1 aromatic heterocycles. The summed E-state index contributed by atoms with van der Waals surface area (Å²) in [7, 11) is 0. The average Bonchev–Trinajstić information content (AvgIpc) is 3.11. The molecule has 0 unspecified atom stereocenters. The molecule has 1 heterocycles. The summed E-state index contributed by atoms with van der Waals surface area (Å²) in [4.78, 5) is 12.6. The summed E-state index contributed by atoms with van der Waals surface area (Å²) in [5.74, 6) is -0.930. The highest BCUT2D eigenvalue weighted by Gasteiger charge is 2.13. The number of para-hydroxylation sites is 1. The molecule has 4 rings (SSSR count). The molecule has 0 bridgehead atoms. The zero-order valence-electron chi connectivity index (χ0n) is 17.0. The Morgan fingerprint density at radius 2 is 1.87 bits per heavy atom. The Morgan fingerprint density at radius 3 is 2.61 bits per heavy atom. The van der Waals surface area contributed by atoms with Crippen LogP contribution in [0.3, 0.4) is 0 Å². The molecular weight excluding hydrogens is 389 g/mol. The van der Waals surface area contributed by atoms with E-state index >= 15 is 0 Å². The van der Waals surface area contributed by atoms with Gasteiger partial charge in [0.05, 0.1) is 0 Å². The van der Waals surface area contributed by atoms with E-state index in [0.29, 0.717) is 12.2 Å². The lowest BCUT2D eigenvalue weighted by molar-refractivity contribution is -0.112. The normalized spacial score (nSPS) is 11.3. The summed E-state index contributed by atoms with van der Waals surface area (Å²) in [6, 6.07) is 23.6. The van der Waals surface area contributed by atoms with Crippen molar-refractivity contribution in [2.75, 3.05) is 5.32 Å². The van der Waals surface area contributed by atoms with Crippen molar-refractivity contribution in [3.8, 4) is 6.07 Å². The van der Waals surface area contributed by atoms with Crippen LogP contribution >= 0.6 is 0 Å². The van der Waals surface area contributed by atoms with Gasteiger partial charge in [-0.15, -0.1) is 0 Å². The Balaban J connectivity index is 1.67. The van der Waals surface area contributed by atoms with Crippen LogP contribution in [0.25, 0.3) is 17.0 Å². The number of carbonyl (C=O) groups is 1. The third-order valence-electron chi connectivity index (χ3n) is 5.02. The molecule has 152 valence electrons. The van der Waals surface area contributed by atoms with Crippen molar-refractivity contribution in [1.29, 1.82) is 5.26 Å². The van der Waals surface area contributed by atoms with E-state index in [9.17, 15) is 14.4 Å². The van der Waals surface area contributed by atoms with Gasteiger partial charge < -0.3 is 9.88 Å². The number of carbonyl (C=O) groups excluding carboxylic acids is 1. The van der Waals surface area contributed by atoms with Gasteiger partial charge in [-0.2, -0.15) is 5.26 Å². The highest BCUT2D eigenvalue weighted by molar-refractivity contribution is 6.10. The Morgan fingerprint density at radius 1 is 1.10 bits per heavy atom. The first-order valence-electron chi connectivity index (χ1n) is 9.85. The van der Waals surface area contributed by atoms with Gasteiger partial charge in [-0.25, -0.2) is 4.39 Å². The Labute approximate surface area is 179 Å². The number of hydrogen-bond acceptors (Lipinski definition) is 2. The molecule has 0 aliphatic rings. The fourth-order valence-electron chi connectivity index (χ4n) is 3.56. The monoisotopic (exact) mass is 409 g/mol. The summed E-state index contributed by atoms with van der Waals surface area (Å²) in [5, 5.41) is 13.2. The summed E-state index contributed by atoms with van der Waals surface area (Å²) in [6.07, 6.45) is 3.55. The summed E-state index contributed by atoms with van der Waals surface area (Å²) >= 11 is 0. The number of fused-ring (bicyclic) bond motifs is 1. The van der Waals surface area contributed by atoms with Crippen LogP contribution in [0.5, 0.6) is 0 Å². The van der Waals surface area contributed by atoms with Crippen LogP contribution in [-0.2, 0) is 11.3 Å². The predicted octanol–water partition coefficient (Wildman–Crippen LogP) is 5.68. The Hall–Kier alpha value is -4.17. The van der Waals surface area contributed by atoms with E-state index in [1.54, 1.807) is 6.08 Å². The number of amides is 1. The minimum atomic E-state index is -0.537. The predicted molar refractivity (Wildman–Crippen MR) is 121 cm³/mol. The van der Waals surface area contributed by atoms with Crippen LogP contribution < -0.4 is 5.32 Å². The van der Waals surface area contributed by atoms with Gasteiger partial charge in [-0.3, -0.25) is 4.79 Å². The number of hydrogen-bond donors (Lipinski definition) is 1. The lowest BCUT2D eigenvalue weighted by Gasteiger charge is -2.06. The third kappa shape index (κ3) is 4.54. The zero-order chi connectivity index (χ0) is 21.8. The van der Waals surface area contributed by atoms with Crippen molar-refractivity contribution in [2.24, 2.45) is 0 Å². The molecule has 0 saturated heterocycles. The van der Waals surface area contributed by atoms with Crippen molar-refractivity contribution < 1.29 is 9.18 Å². The average molecular weight is 409 g/mol. The van der Waals surface area contributed by atoms with Gasteiger partial charge in [0, 0.05) is 34.9 Å². The van der Waals surface area contributed by atoms with E-state index in [0.717, 1.165) is 16.5 Å². The number of nitrogens with one attached hydrogen (secondary N) is 1. The smallest absolute Gasteiger partial charge is 0.266 e.